The summed E-state index contributed by atoms with van der Waals surface area (Å²) in [4.78, 5) is 21.6. The Morgan fingerprint density at radius 2 is 1.83 bits per heavy atom. The Hall–Kier alpha value is -4.65. The summed E-state index contributed by atoms with van der Waals surface area (Å²) in [6, 6.07) is 13.3. The van der Waals surface area contributed by atoms with Crippen LogP contribution in [-0.4, -0.2) is 84.6 Å². The number of halogens is 2. The third-order valence-corrected chi connectivity index (χ3v) is 9.25. The molecular weight excluding hydrogens is 636 g/mol. The second-order valence-corrected chi connectivity index (χ2v) is 12.6. The van der Waals surface area contributed by atoms with Gasteiger partial charge in [-0.3, -0.25) is 9.48 Å². The van der Waals surface area contributed by atoms with Crippen LogP contribution in [0.4, 0.5) is 8.78 Å². The molecule has 0 saturated heterocycles. The third kappa shape index (κ3) is 6.55. The van der Waals surface area contributed by atoms with Crippen LogP contribution in [0.3, 0.4) is 0 Å². The third-order valence-electron chi connectivity index (χ3n) is 8.32. The summed E-state index contributed by atoms with van der Waals surface area (Å²) in [6.07, 6.45) is 1.31. The number of nitrogens with zero attached hydrogens (tertiary/aromatic N) is 5. The number of carbonyl (C=O) groups excluding carboxylic acids is 1. The van der Waals surface area contributed by atoms with Gasteiger partial charge >= 0.3 is 0 Å². The standard InChI is InChI=1S/C36H37F2N5O4S/c1-6-31(44)42-12-13-43-29(22(42)2)21-28(40-43)35-33(32-27(38)19-24(37)20-30(32)47-17-16-45-5)36-26(11-18-48-36)34(39-35)23-7-9-25(10-8-23)46-15-14-41(3)4/h6-11,18-22H,1,12-17H2,2-5H3/t22-/m1/s1. The van der Waals surface area contributed by atoms with Gasteiger partial charge in [-0.2, -0.15) is 5.10 Å². The van der Waals surface area contributed by atoms with Gasteiger partial charge in [0.05, 0.1) is 36.1 Å². The molecule has 0 radical (unpaired) electrons. The topological polar surface area (TPSA) is 82.0 Å². The van der Waals surface area contributed by atoms with Gasteiger partial charge in [-0.15, -0.1) is 11.3 Å². The second-order valence-electron chi connectivity index (χ2n) is 11.7. The predicted molar refractivity (Wildman–Crippen MR) is 183 cm³/mol. The molecule has 5 aromatic rings. The van der Waals surface area contributed by atoms with Crippen molar-refractivity contribution in [3.63, 3.8) is 0 Å². The van der Waals surface area contributed by atoms with E-state index in [9.17, 15) is 9.18 Å². The van der Waals surface area contributed by atoms with Gasteiger partial charge in [0.25, 0.3) is 0 Å². The van der Waals surface area contributed by atoms with Gasteiger partial charge in [0, 0.05) is 53.5 Å². The summed E-state index contributed by atoms with van der Waals surface area (Å²) >= 11 is 1.43. The number of aromatic nitrogens is 3. The van der Waals surface area contributed by atoms with Crippen molar-refractivity contribution in [1.29, 1.82) is 0 Å². The fourth-order valence-electron chi connectivity index (χ4n) is 5.90. The first kappa shape index (κ1) is 33.3. The number of benzene rings is 2. The van der Waals surface area contributed by atoms with Crippen LogP contribution in [0.15, 0.2) is 66.6 Å². The molecule has 0 saturated carbocycles. The molecule has 6 rings (SSSR count). The average Bonchev–Trinajstić information content (AvgIpc) is 3.73. The summed E-state index contributed by atoms with van der Waals surface area (Å²) < 4.78 is 50.3. The Labute approximate surface area is 282 Å². The zero-order valence-electron chi connectivity index (χ0n) is 27.3. The molecule has 2 aromatic carbocycles. The molecule has 1 aliphatic rings. The fourth-order valence-corrected chi connectivity index (χ4v) is 6.84. The normalized spacial score (nSPS) is 14.4. The quantitative estimate of drug-likeness (QED) is 0.106. The number of likely N-dealkylation sites (N-methyl/N-ethyl adjacent to an activating group) is 1. The minimum absolute atomic E-state index is 0.0365. The molecule has 0 fully saturated rings. The molecule has 12 heteroatoms. The zero-order valence-corrected chi connectivity index (χ0v) is 28.2. The molecule has 3 aromatic heterocycles. The highest BCUT2D eigenvalue weighted by Crippen LogP contribution is 2.47. The van der Waals surface area contributed by atoms with Gasteiger partial charge in [-0.25, -0.2) is 13.8 Å². The number of thiophene rings is 1. The van der Waals surface area contributed by atoms with Crippen LogP contribution in [0.1, 0.15) is 18.7 Å². The van der Waals surface area contributed by atoms with Crippen molar-refractivity contribution >= 4 is 27.3 Å². The lowest BCUT2D eigenvalue weighted by molar-refractivity contribution is -0.129. The second kappa shape index (κ2) is 14.2. The maximum Gasteiger partial charge on any atom is 0.246 e. The molecule has 1 atom stereocenters. The molecule has 0 spiro atoms. The van der Waals surface area contributed by atoms with Gasteiger partial charge in [0.15, 0.2) is 0 Å². The highest BCUT2D eigenvalue weighted by Gasteiger charge is 2.31. The SMILES string of the molecule is C=CC(=O)N1CCn2nc(-c3nc(-c4ccc(OCCN(C)C)cc4)c4ccsc4c3-c3c(F)cc(F)cc3OCCOC)cc2[C@H]1C. The average molecular weight is 674 g/mol. The van der Waals surface area contributed by atoms with Crippen LogP contribution in [0, 0.1) is 11.6 Å². The van der Waals surface area contributed by atoms with E-state index in [-0.39, 0.29) is 36.5 Å². The van der Waals surface area contributed by atoms with Crippen molar-refractivity contribution in [2.45, 2.75) is 19.5 Å². The van der Waals surface area contributed by atoms with Crippen LogP contribution in [0.5, 0.6) is 11.5 Å². The Bertz CT molecular complexity index is 1960. The molecule has 1 aliphatic heterocycles. The molecule has 9 nitrogen and oxygen atoms in total. The summed E-state index contributed by atoms with van der Waals surface area (Å²) in [5, 5.41) is 7.65. The molecule has 0 aliphatic carbocycles. The highest BCUT2D eigenvalue weighted by molar-refractivity contribution is 7.18. The van der Waals surface area contributed by atoms with E-state index in [1.807, 2.05) is 67.5 Å². The minimum atomic E-state index is -0.785. The van der Waals surface area contributed by atoms with Crippen molar-refractivity contribution in [1.82, 2.24) is 24.6 Å². The number of methoxy groups -OCH3 is 1. The van der Waals surface area contributed by atoms with Crippen molar-refractivity contribution < 1.29 is 27.8 Å². The Balaban J connectivity index is 1.55. The number of pyridine rings is 1. The molecule has 1 amide bonds. The first-order chi connectivity index (χ1) is 23.2. The summed E-state index contributed by atoms with van der Waals surface area (Å²) in [5.41, 5.74) is 3.75. The highest BCUT2D eigenvalue weighted by atomic mass is 32.1. The molecule has 250 valence electrons. The fraction of sp³-hybridized carbons (Fsp3) is 0.306. The number of carbonyl (C=O) groups is 1. The Kier molecular flexibility index (Phi) is 9.86. The van der Waals surface area contributed by atoms with E-state index < -0.39 is 11.6 Å². The monoisotopic (exact) mass is 673 g/mol. The molecule has 0 unspecified atom stereocenters. The maximum atomic E-state index is 16.1. The van der Waals surface area contributed by atoms with E-state index in [1.54, 1.807) is 4.90 Å². The summed E-state index contributed by atoms with van der Waals surface area (Å²) in [7, 11) is 5.51. The van der Waals surface area contributed by atoms with Crippen LogP contribution in [-0.2, 0) is 16.1 Å². The molecule has 0 bridgehead atoms. The van der Waals surface area contributed by atoms with Gasteiger partial charge in [-0.05, 0) is 68.9 Å². The zero-order chi connectivity index (χ0) is 33.9. The molecular formula is C36H37F2N5O4S. The Morgan fingerprint density at radius 3 is 2.56 bits per heavy atom. The van der Waals surface area contributed by atoms with E-state index in [0.29, 0.717) is 42.3 Å². The largest absolute Gasteiger partial charge is 0.492 e. The predicted octanol–water partition coefficient (Wildman–Crippen LogP) is 6.83. The Morgan fingerprint density at radius 1 is 1.04 bits per heavy atom. The molecule has 48 heavy (non-hydrogen) atoms. The van der Waals surface area contributed by atoms with E-state index >= 15 is 4.39 Å². The number of ether oxygens (including phenoxy) is 3. The van der Waals surface area contributed by atoms with Crippen LogP contribution in [0.25, 0.3) is 43.9 Å². The van der Waals surface area contributed by atoms with Gasteiger partial charge in [-0.1, -0.05) is 6.58 Å². The van der Waals surface area contributed by atoms with Crippen LogP contribution >= 0.6 is 11.3 Å². The maximum absolute atomic E-state index is 16.1. The van der Waals surface area contributed by atoms with Gasteiger partial charge in [0.1, 0.15) is 47.7 Å². The van der Waals surface area contributed by atoms with Crippen LogP contribution in [0.2, 0.25) is 0 Å². The lowest BCUT2D eigenvalue weighted by atomic mass is 9.96. The van der Waals surface area contributed by atoms with Gasteiger partial charge in [0.2, 0.25) is 5.91 Å². The minimum Gasteiger partial charge on any atom is -0.492 e. The summed E-state index contributed by atoms with van der Waals surface area (Å²) in [5.74, 6) is -0.942. The van der Waals surface area contributed by atoms with Gasteiger partial charge < -0.3 is 24.0 Å². The van der Waals surface area contributed by atoms with E-state index in [1.165, 1.54) is 30.6 Å². The number of hydrogen-bond donors (Lipinski definition) is 0. The molecule has 0 N–H and O–H groups in total. The summed E-state index contributed by atoms with van der Waals surface area (Å²) in [6.45, 7) is 8.17. The molecule has 4 heterocycles. The van der Waals surface area contributed by atoms with Crippen molar-refractivity contribution in [3.8, 4) is 45.3 Å². The number of amides is 1. The van der Waals surface area contributed by atoms with E-state index in [2.05, 4.69) is 11.5 Å². The van der Waals surface area contributed by atoms with Crippen molar-refractivity contribution in [2.75, 3.05) is 54.1 Å². The number of rotatable bonds is 12. The smallest absolute Gasteiger partial charge is 0.246 e. The number of fused-ring (bicyclic) bond motifs is 2. The van der Waals surface area contributed by atoms with Crippen molar-refractivity contribution in [2.24, 2.45) is 0 Å². The van der Waals surface area contributed by atoms with Crippen molar-refractivity contribution in [3.05, 3.63) is 83.9 Å². The first-order valence-electron chi connectivity index (χ1n) is 15.6. The number of hydrogen-bond acceptors (Lipinski definition) is 8. The lowest BCUT2D eigenvalue weighted by Crippen LogP contribution is -2.40. The first-order valence-corrected chi connectivity index (χ1v) is 16.5. The van der Waals surface area contributed by atoms with E-state index in [0.717, 1.165) is 39.7 Å². The lowest BCUT2D eigenvalue weighted by Gasteiger charge is -2.33. The van der Waals surface area contributed by atoms with Crippen LogP contribution < -0.4 is 9.47 Å². The van der Waals surface area contributed by atoms with E-state index in [4.69, 9.17) is 24.3 Å².